The van der Waals surface area contributed by atoms with E-state index in [1.807, 2.05) is 0 Å². The van der Waals surface area contributed by atoms with Crippen molar-refractivity contribution in [2.45, 2.75) is 59.8 Å². The molecule has 0 nitrogen and oxygen atoms in total. The van der Waals surface area contributed by atoms with Crippen LogP contribution in [0, 0.1) is 22.7 Å². The lowest BCUT2D eigenvalue weighted by atomic mass is 9.73. The summed E-state index contributed by atoms with van der Waals surface area (Å²) in [5.74, 6) is 2.11. The van der Waals surface area contributed by atoms with E-state index < -0.39 is 0 Å². The van der Waals surface area contributed by atoms with Crippen molar-refractivity contribution in [1.82, 2.24) is 0 Å². The molecule has 0 radical (unpaired) electrons. The third-order valence-electron chi connectivity index (χ3n) is 5.10. The van der Waals surface area contributed by atoms with Crippen molar-refractivity contribution in [1.29, 1.82) is 0 Å². The summed E-state index contributed by atoms with van der Waals surface area (Å²) in [7, 11) is 0. The van der Waals surface area contributed by atoms with Gasteiger partial charge < -0.3 is 0 Å². The van der Waals surface area contributed by atoms with Crippen LogP contribution in [-0.2, 0) is 0 Å². The maximum absolute atomic E-state index is 2.53. The van der Waals surface area contributed by atoms with Gasteiger partial charge in [0.25, 0.3) is 0 Å². The highest BCUT2D eigenvalue weighted by Crippen LogP contribution is 2.91. The van der Waals surface area contributed by atoms with Crippen LogP contribution in [0.2, 0.25) is 0 Å². The molecule has 0 heterocycles. The van der Waals surface area contributed by atoms with Crippen LogP contribution in [-0.4, -0.2) is 0 Å². The van der Waals surface area contributed by atoms with Gasteiger partial charge in [0, 0.05) is 0 Å². The first-order valence-corrected chi connectivity index (χ1v) is 6.13. The smallest absolute Gasteiger partial charge is 0.0181 e. The molecule has 0 bridgehead atoms. The zero-order valence-electron chi connectivity index (χ0n) is 9.69. The summed E-state index contributed by atoms with van der Waals surface area (Å²) < 4.78 is 0. The van der Waals surface area contributed by atoms with Crippen molar-refractivity contribution >= 4 is 0 Å². The molecule has 4 atom stereocenters. The maximum atomic E-state index is 2.53. The average Bonchev–Trinajstić information content (AvgIpc) is 2.88. The monoisotopic (exact) mass is 180 g/mol. The van der Waals surface area contributed by atoms with Crippen molar-refractivity contribution in [2.24, 2.45) is 22.7 Å². The fourth-order valence-electron chi connectivity index (χ4n) is 4.22. The number of rotatable bonds is 5. The van der Waals surface area contributed by atoms with E-state index in [-0.39, 0.29) is 0 Å². The summed E-state index contributed by atoms with van der Waals surface area (Å²) in [6.07, 6.45) is 7.25. The molecule has 2 rings (SSSR count). The normalized spacial score (nSPS) is 48.5. The van der Waals surface area contributed by atoms with Gasteiger partial charge in [0.05, 0.1) is 0 Å². The van der Waals surface area contributed by atoms with E-state index >= 15 is 0 Å². The Morgan fingerprint density at radius 3 is 2.23 bits per heavy atom. The van der Waals surface area contributed by atoms with Gasteiger partial charge >= 0.3 is 0 Å². The molecule has 0 aliphatic heterocycles. The zero-order chi connectivity index (χ0) is 9.69. The second kappa shape index (κ2) is 2.74. The number of fused-ring (bicyclic) bond motifs is 1. The van der Waals surface area contributed by atoms with Gasteiger partial charge in [-0.25, -0.2) is 0 Å². The van der Waals surface area contributed by atoms with Crippen LogP contribution in [0.1, 0.15) is 59.8 Å². The van der Waals surface area contributed by atoms with Crippen molar-refractivity contribution in [3.63, 3.8) is 0 Å². The Balaban J connectivity index is 2.01. The first-order chi connectivity index (χ1) is 6.13. The van der Waals surface area contributed by atoms with Gasteiger partial charge in [-0.15, -0.1) is 0 Å². The van der Waals surface area contributed by atoms with Crippen molar-refractivity contribution in [3.05, 3.63) is 0 Å². The molecule has 2 fully saturated rings. The zero-order valence-corrected chi connectivity index (χ0v) is 9.69. The molecule has 2 saturated carbocycles. The Morgan fingerprint density at radius 2 is 1.92 bits per heavy atom. The van der Waals surface area contributed by atoms with Crippen LogP contribution in [0.5, 0.6) is 0 Å². The second-order valence-electron chi connectivity index (χ2n) is 5.65. The van der Waals surface area contributed by atoms with Gasteiger partial charge in [-0.3, -0.25) is 0 Å². The van der Waals surface area contributed by atoms with Crippen molar-refractivity contribution in [3.8, 4) is 0 Å². The van der Waals surface area contributed by atoms with Gasteiger partial charge in [0.1, 0.15) is 0 Å². The summed E-state index contributed by atoms with van der Waals surface area (Å²) in [5.41, 5.74) is 1.61. The molecular weight excluding hydrogens is 156 g/mol. The third kappa shape index (κ3) is 0.980. The minimum absolute atomic E-state index is 0.803. The lowest BCUT2D eigenvalue weighted by Gasteiger charge is -2.32. The molecule has 0 aromatic carbocycles. The Morgan fingerprint density at radius 1 is 1.31 bits per heavy atom. The number of hydrogen-bond acceptors (Lipinski definition) is 0. The largest absolute Gasteiger partial charge is 0.0654 e. The van der Waals surface area contributed by atoms with E-state index in [0.29, 0.717) is 0 Å². The quantitative estimate of drug-likeness (QED) is 0.593. The molecule has 2 aliphatic rings. The minimum atomic E-state index is 0.803. The SMILES string of the molecule is CCCC(C)C1(CCC)C2CC21C. The molecule has 0 saturated heterocycles. The molecule has 0 spiro atoms. The van der Waals surface area contributed by atoms with Gasteiger partial charge in [0.2, 0.25) is 0 Å². The van der Waals surface area contributed by atoms with Crippen LogP contribution in [0.4, 0.5) is 0 Å². The van der Waals surface area contributed by atoms with Crippen LogP contribution in [0.25, 0.3) is 0 Å². The van der Waals surface area contributed by atoms with E-state index in [0.717, 1.165) is 22.7 Å². The fourth-order valence-corrected chi connectivity index (χ4v) is 4.22. The molecule has 0 amide bonds. The van der Waals surface area contributed by atoms with Crippen LogP contribution in [0.15, 0.2) is 0 Å². The van der Waals surface area contributed by atoms with E-state index in [4.69, 9.17) is 0 Å². The Labute approximate surface area is 83.1 Å². The van der Waals surface area contributed by atoms with E-state index in [1.54, 1.807) is 6.42 Å². The minimum Gasteiger partial charge on any atom is -0.0654 e. The van der Waals surface area contributed by atoms with E-state index in [1.165, 1.54) is 25.7 Å². The summed E-state index contributed by atoms with van der Waals surface area (Å²) in [4.78, 5) is 0. The third-order valence-corrected chi connectivity index (χ3v) is 5.10. The van der Waals surface area contributed by atoms with Crippen molar-refractivity contribution < 1.29 is 0 Å². The second-order valence-corrected chi connectivity index (χ2v) is 5.65. The van der Waals surface area contributed by atoms with Crippen LogP contribution < -0.4 is 0 Å². The van der Waals surface area contributed by atoms with Gasteiger partial charge in [-0.2, -0.15) is 0 Å². The average molecular weight is 180 g/mol. The molecule has 0 heteroatoms. The predicted molar refractivity (Wildman–Crippen MR) is 57.6 cm³/mol. The first-order valence-electron chi connectivity index (χ1n) is 6.13. The fraction of sp³-hybridized carbons (Fsp3) is 1.00. The highest BCUT2D eigenvalue weighted by molar-refractivity contribution is 5.33. The molecule has 13 heavy (non-hydrogen) atoms. The Kier molecular flexibility index (Phi) is 2.02. The highest BCUT2D eigenvalue weighted by Gasteiger charge is 2.85. The topological polar surface area (TPSA) is 0 Å². The summed E-state index contributed by atoms with van der Waals surface area (Å²) in [5, 5.41) is 0. The maximum Gasteiger partial charge on any atom is -0.0181 e. The summed E-state index contributed by atoms with van der Waals surface area (Å²) in [6, 6.07) is 0. The Bertz CT molecular complexity index is 208. The number of hydrogen-bond donors (Lipinski definition) is 0. The molecule has 0 aromatic heterocycles. The van der Waals surface area contributed by atoms with Crippen LogP contribution in [0.3, 0.4) is 0 Å². The van der Waals surface area contributed by atoms with Gasteiger partial charge in [-0.05, 0) is 35.5 Å². The lowest BCUT2D eigenvalue weighted by Crippen LogP contribution is -2.24. The van der Waals surface area contributed by atoms with Gasteiger partial charge in [-0.1, -0.05) is 47.0 Å². The van der Waals surface area contributed by atoms with Gasteiger partial charge in [0.15, 0.2) is 0 Å². The molecule has 2 aliphatic carbocycles. The summed E-state index contributed by atoms with van der Waals surface area (Å²) >= 11 is 0. The molecule has 76 valence electrons. The predicted octanol–water partition coefficient (Wildman–Crippen LogP) is 4.25. The molecule has 0 N–H and O–H groups in total. The molecular formula is C13H24. The van der Waals surface area contributed by atoms with E-state index in [2.05, 4.69) is 27.7 Å². The summed E-state index contributed by atoms with van der Waals surface area (Å²) in [6.45, 7) is 9.70. The van der Waals surface area contributed by atoms with Crippen LogP contribution >= 0.6 is 0 Å². The van der Waals surface area contributed by atoms with E-state index in [9.17, 15) is 0 Å². The first kappa shape index (κ1) is 9.55. The van der Waals surface area contributed by atoms with Crippen molar-refractivity contribution in [2.75, 3.05) is 0 Å². The standard InChI is InChI=1S/C13H24/c1-5-7-10(3)13(8-6-2)11-9-12(11,13)4/h10-11H,5-9H2,1-4H3. The Hall–Kier alpha value is 0. The lowest BCUT2D eigenvalue weighted by molar-refractivity contribution is 0.171. The molecule has 0 aromatic rings. The highest BCUT2D eigenvalue weighted by atomic mass is 14.9. The molecule has 4 unspecified atom stereocenters.